The maximum absolute atomic E-state index is 12.4. The molecule has 0 radical (unpaired) electrons. The molecule has 1 aromatic heterocycles. The first-order valence-electron chi connectivity index (χ1n) is 8.37. The van der Waals surface area contributed by atoms with E-state index in [4.69, 9.17) is 4.74 Å². The number of aromatic nitrogens is 3. The predicted octanol–water partition coefficient (Wildman–Crippen LogP) is 1.71. The van der Waals surface area contributed by atoms with E-state index in [9.17, 15) is 4.79 Å². The number of carbonyl (C=O) groups is 1. The van der Waals surface area contributed by atoms with Gasteiger partial charge in [-0.05, 0) is 26.0 Å². The summed E-state index contributed by atoms with van der Waals surface area (Å²) in [5.41, 5.74) is 1.01. The van der Waals surface area contributed by atoms with Crippen LogP contribution in [0.1, 0.15) is 12.7 Å². The molecule has 0 saturated carbocycles. The number of ether oxygens (including phenoxy) is 1. The van der Waals surface area contributed by atoms with Gasteiger partial charge in [0.05, 0.1) is 12.2 Å². The number of amides is 1. The highest BCUT2D eigenvalue weighted by Crippen LogP contribution is 2.31. The van der Waals surface area contributed by atoms with Crippen molar-refractivity contribution in [2.75, 3.05) is 30.8 Å². The third-order valence-electron chi connectivity index (χ3n) is 4.13. The highest BCUT2D eigenvalue weighted by molar-refractivity contribution is 7.99. The van der Waals surface area contributed by atoms with Gasteiger partial charge in [-0.1, -0.05) is 23.9 Å². The van der Waals surface area contributed by atoms with Crippen molar-refractivity contribution in [3.05, 3.63) is 30.1 Å². The van der Waals surface area contributed by atoms with Crippen molar-refractivity contribution < 1.29 is 9.53 Å². The zero-order chi connectivity index (χ0) is 17.8. The molecule has 1 atom stereocenters. The highest BCUT2D eigenvalue weighted by Gasteiger charge is 2.28. The van der Waals surface area contributed by atoms with Gasteiger partial charge >= 0.3 is 0 Å². The molecule has 1 aliphatic heterocycles. The first-order chi connectivity index (χ1) is 12.1. The largest absolute Gasteiger partial charge is 0.477 e. The van der Waals surface area contributed by atoms with Crippen molar-refractivity contribution in [3.63, 3.8) is 0 Å². The van der Waals surface area contributed by atoms with Gasteiger partial charge in [0.15, 0.2) is 11.3 Å². The number of benzene rings is 1. The molecule has 1 aliphatic rings. The number of hydrogen-bond acceptors (Lipinski definition) is 6. The Morgan fingerprint density at radius 1 is 1.40 bits per heavy atom. The lowest BCUT2D eigenvalue weighted by Gasteiger charge is -2.32. The fourth-order valence-electron chi connectivity index (χ4n) is 2.81. The second-order valence-corrected chi connectivity index (χ2v) is 6.93. The Bertz CT molecular complexity index is 748. The number of para-hydroxylation sites is 2. The number of aryl methyl sites for hydroxylation is 1. The lowest BCUT2D eigenvalue weighted by atomic mass is 10.2. The van der Waals surface area contributed by atoms with Crippen molar-refractivity contribution in [2.45, 2.75) is 31.7 Å². The van der Waals surface area contributed by atoms with Gasteiger partial charge < -0.3 is 19.5 Å². The van der Waals surface area contributed by atoms with Crippen LogP contribution in [0.25, 0.3) is 0 Å². The number of anilines is 1. The van der Waals surface area contributed by atoms with Gasteiger partial charge in [0, 0.05) is 25.9 Å². The van der Waals surface area contributed by atoms with Crippen LogP contribution >= 0.6 is 11.8 Å². The molecule has 0 bridgehead atoms. The third-order valence-corrected chi connectivity index (χ3v) is 5.10. The van der Waals surface area contributed by atoms with E-state index in [0.29, 0.717) is 13.1 Å². The molecule has 0 spiro atoms. The molecule has 134 valence electrons. The summed E-state index contributed by atoms with van der Waals surface area (Å²) >= 11 is 1.59. The van der Waals surface area contributed by atoms with Gasteiger partial charge in [-0.2, -0.15) is 0 Å². The molecular formula is C17H23N5O2S. The summed E-state index contributed by atoms with van der Waals surface area (Å²) in [5, 5.41) is 12.1. The summed E-state index contributed by atoms with van der Waals surface area (Å²) in [7, 11) is 1.97. The van der Waals surface area contributed by atoms with Crippen LogP contribution in [0.2, 0.25) is 0 Å². The topological polar surface area (TPSA) is 72.3 Å². The van der Waals surface area contributed by atoms with E-state index >= 15 is 0 Å². The van der Waals surface area contributed by atoms with Gasteiger partial charge in [0.2, 0.25) is 0 Å². The molecular weight excluding hydrogens is 338 g/mol. The number of carbonyl (C=O) groups excluding carboxylic acids is 1. The van der Waals surface area contributed by atoms with Gasteiger partial charge in [-0.3, -0.25) is 4.79 Å². The molecule has 0 saturated heterocycles. The second-order valence-electron chi connectivity index (χ2n) is 5.87. The first-order valence-corrected chi connectivity index (χ1v) is 9.35. The Labute approximate surface area is 151 Å². The minimum Gasteiger partial charge on any atom is -0.477 e. The fourth-order valence-corrected chi connectivity index (χ4v) is 3.71. The first kappa shape index (κ1) is 17.6. The molecule has 2 aromatic rings. The number of rotatable bonds is 6. The molecule has 25 heavy (non-hydrogen) atoms. The van der Waals surface area contributed by atoms with Crippen molar-refractivity contribution >= 4 is 23.4 Å². The van der Waals surface area contributed by atoms with Gasteiger partial charge in [-0.25, -0.2) is 0 Å². The summed E-state index contributed by atoms with van der Waals surface area (Å²) in [6, 6.07) is 7.76. The summed E-state index contributed by atoms with van der Waals surface area (Å²) in [6.45, 7) is 5.95. The van der Waals surface area contributed by atoms with Crippen LogP contribution in [-0.4, -0.2) is 52.7 Å². The van der Waals surface area contributed by atoms with Crippen LogP contribution in [0.5, 0.6) is 5.75 Å². The minimum absolute atomic E-state index is 0.0879. The molecule has 0 aliphatic carbocycles. The molecule has 3 rings (SSSR count). The summed E-state index contributed by atoms with van der Waals surface area (Å²) in [6.07, 6.45) is -0.494. The average molecular weight is 361 g/mol. The zero-order valence-corrected chi connectivity index (χ0v) is 15.5. The van der Waals surface area contributed by atoms with E-state index in [1.165, 1.54) is 0 Å². The van der Waals surface area contributed by atoms with Crippen LogP contribution in [-0.2, 0) is 11.3 Å². The van der Waals surface area contributed by atoms with Crippen molar-refractivity contribution in [2.24, 2.45) is 0 Å². The van der Waals surface area contributed by atoms with Gasteiger partial charge in [0.25, 0.3) is 5.91 Å². The number of fused-ring (bicyclic) bond motifs is 1. The summed E-state index contributed by atoms with van der Waals surface area (Å²) < 4.78 is 7.89. The Kier molecular flexibility index (Phi) is 5.47. The molecule has 7 nitrogen and oxygen atoms in total. The SMILES string of the molecule is CCn1c(C)nnc1SCCNC(=O)[C@@H]1CN(C)c2ccccc2O1. The number of hydrogen-bond donors (Lipinski definition) is 1. The minimum atomic E-state index is -0.494. The molecule has 1 aromatic carbocycles. The smallest absolute Gasteiger partial charge is 0.262 e. The van der Waals surface area contributed by atoms with Crippen LogP contribution in [0.3, 0.4) is 0 Å². The van der Waals surface area contributed by atoms with E-state index < -0.39 is 6.10 Å². The van der Waals surface area contributed by atoms with Crippen LogP contribution in [0.15, 0.2) is 29.4 Å². The normalized spacial score (nSPS) is 16.3. The lowest BCUT2D eigenvalue weighted by molar-refractivity contribution is -0.127. The third kappa shape index (κ3) is 3.89. The molecule has 2 heterocycles. The van der Waals surface area contributed by atoms with Crippen molar-refractivity contribution in [1.82, 2.24) is 20.1 Å². The molecule has 0 fully saturated rings. The van der Waals surface area contributed by atoms with Gasteiger partial charge in [-0.15, -0.1) is 10.2 Å². The quantitative estimate of drug-likeness (QED) is 0.624. The zero-order valence-electron chi connectivity index (χ0n) is 14.7. The monoisotopic (exact) mass is 361 g/mol. The Morgan fingerprint density at radius 3 is 3.00 bits per heavy atom. The maximum Gasteiger partial charge on any atom is 0.262 e. The van der Waals surface area contributed by atoms with Crippen molar-refractivity contribution in [3.8, 4) is 5.75 Å². The average Bonchev–Trinajstić information content (AvgIpc) is 2.98. The number of nitrogens with one attached hydrogen (secondary N) is 1. The summed E-state index contributed by atoms with van der Waals surface area (Å²) in [5.74, 6) is 2.31. The molecule has 0 unspecified atom stereocenters. The van der Waals surface area contributed by atoms with Crippen LogP contribution in [0, 0.1) is 6.92 Å². The lowest BCUT2D eigenvalue weighted by Crippen LogP contribution is -2.48. The Balaban J connectivity index is 1.49. The highest BCUT2D eigenvalue weighted by atomic mass is 32.2. The molecule has 1 amide bonds. The molecule has 1 N–H and O–H groups in total. The Hall–Kier alpha value is -2.22. The van der Waals surface area contributed by atoms with E-state index in [1.54, 1.807) is 11.8 Å². The maximum atomic E-state index is 12.4. The van der Waals surface area contributed by atoms with E-state index in [2.05, 4.69) is 27.0 Å². The van der Waals surface area contributed by atoms with E-state index in [1.807, 2.05) is 43.1 Å². The second kappa shape index (κ2) is 7.77. The Morgan fingerprint density at radius 2 is 2.20 bits per heavy atom. The summed E-state index contributed by atoms with van der Waals surface area (Å²) in [4.78, 5) is 14.4. The van der Waals surface area contributed by atoms with E-state index in [0.717, 1.165) is 34.7 Å². The number of likely N-dealkylation sites (N-methyl/N-ethyl adjacent to an activating group) is 1. The van der Waals surface area contributed by atoms with Crippen molar-refractivity contribution in [1.29, 1.82) is 0 Å². The van der Waals surface area contributed by atoms with Crippen LogP contribution in [0.4, 0.5) is 5.69 Å². The van der Waals surface area contributed by atoms with Gasteiger partial charge in [0.1, 0.15) is 11.6 Å². The van der Waals surface area contributed by atoms with Crippen LogP contribution < -0.4 is 15.0 Å². The number of nitrogens with zero attached hydrogens (tertiary/aromatic N) is 4. The fraction of sp³-hybridized carbons (Fsp3) is 0.471. The molecule has 8 heteroatoms. The standard InChI is InChI=1S/C17H23N5O2S/c1-4-22-12(2)19-20-17(22)25-10-9-18-16(23)15-11-21(3)13-7-5-6-8-14(13)24-15/h5-8,15H,4,9-11H2,1-3H3,(H,18,23)/t15-/m0/s1. The number of thioether (sulfide) groups is 1. The predicted molar refractivity (Wildman–Crippen MR) is 98.3 cm³/mol. The van der Waals surface area contributed by atoms with E-state index in [-0.39, 0.29) is 5.91 Å².